The van der Waals surface area contributed by atoms with Gasteiger partial charge >= 0.3 is 5.97 Å². The van der Waals surface area contributed by atoms with Gasteiger partial charge in [-0.1, -0.05) is 6.07 Å². The van der Waals surface area contributed by atoms with E-state index in [1.165, 1.54) is 0 Å². The lowest BCUT2D eigenvalue weighted by atomic mass is 9.97. The van der Waals surface area contributed by atoms with Crippen molar-refractivity contribution in [2.24, 2.45) is 0 Å². The summed E-state index contributed by atoms with van der Waals surface area (Å²) in [4.78, 5) is 17.7. The molecule has 2 atom stereocenters. The van der Waals surface area contributed by atoms with E-state index in [4.69, 9.17) is 12.2 Å². The maximum atomic E-state index is 11.2. The lowest BCUT2D eigenvalue weighted by Gasteiger charge is -2.27. The van der Waals surface area contributed by atoms with E-state index in [0.29, 0.717) is 11.7 Å². The first-order chi connectivity index (χ1) is 14.9. The van der Waals surface area contributed by atoms with E-state index in [2.05, 4.69) is 20.9 Å². The molecule has 0 amide bonds. The number of aliphatic hydroxyl groups is 1. The summed E-state index contributed by atoms with van der Waals surface area (Å²) in [5.41, 5.74) is 5.16. The van der Waals surface area contributed by atoms with Crippen LogP contribution in [0.3, 0.4) is 0 Å². The molecule has 1 aromatic carbocycles. The summed E-state index contributed by atoms with van der Waals surface area (Å²) in [6, 6.07) is 14.5. The smallest absolute Gasteiger partial charge is 0.335 e. The molecular weight excluding hydrogens is 412 g/mol. The maximum Gasteiger partial charge on any atom is 0.335 e. The number of rotatable bonds is 6. The van der Waals surface area contributed by atoms with Crippen LogP contribution in [0, 0.1) is 13.8 Å². The van der Waals surface area contributed by atoms with Gasteiger partial charge in [-0.15, -0.1) is 0 Å². The first-order valence-electron chi connectivity index (χ1n) is 10.0. The van der Waals surface area contributed by atoms with Crippen molar-refractivity contribution in [2.45, 2.75) is 25.9 Å². The Bertz CT molecular complexity index is 1110. The van der Waals surface area contributed by atoms with Crippen LogP contribution in [0.5, 0.6) is 0 Å². The number of aliphatic hydroxyl groups excluding tert-OH is 1. The number of nitrogens with one attached hydrogen (secondary N) is 1. The summed E-state index contributed by atoms with van der Waals surface area (Å²) in [6.45, 7) is 4.47. The summed E-state index contributed by atoms with van der Waals surface area (Å²) in [5, 5.41) is 22.8. The molecule has 31 heavy (non-hydrogen) atoms. The molecule has 4 rings (SSSR count). The Morgan fingerprint density at radius 3 is 2.55 bits per heavy atom. The molecule has 2 aromatic heterocycles. The first-order valence-corrected chi connectivity index (χ1v) is 10.4. The van der Waals surface area contributed by atoms with E-state index in [-0.39, 0.29) is 24.3 Å². The predicted molar refractivity (Wildman–Crippen MR) is 121 cm³/mol. The normalized spacial score (nSPS) is 18.3. The van der Waals surface area contributed by atoms with Crippen molar-refractivity contribution in [1.82, 2.24) is 19.8 Å². The number of β-amino-alcohol motifs (C(OH)–C–C–N with tert-alkyl or cyclic N) is 1. The van der Waals surface area contributed by atoms with E-state index in [1.807, 2.05) is 49.1 Å². The van der Waals surface area contributed by atoms with Crippen molar-refractivity contribution in [3.05, 3.63) is 82.9 Å². The number of aryl methyl sites for hydroxylation is 1. The highest BCUT2D eigenvalue weighted by atomic mass is 32.1. The number of hydrogen-bond acceptors (Lipinski definition) is 4. The highest BCUT2D eigenvalue weighted by Crippen LogP contribution is 2.41. The van der Waals surface area contributed by atoms with Crippen LogP contribution in [-0.4, -0.2) is 48.9 Å². The Morgan fingerprint density at radius 1 is 1.19 bits per heavy atom. The van der Waals surface area contributed by atoms with Gasteiger partial charge in [0.25, 0.3) is 0 Å². The molecule has 8 heteroatoms. The molecule has 0 bridgehead atoms. The van der Waals surface area contributed by atoms with Gasteiger partial charge in [0.05, 0.1) is 29.9 Å². The van der Waals surface area contributed by atoms with Gasteiger partial charge < -0.3 is 25.0 Å². The van der Waals surface area contributed by atoms with Crippen molar-refractivity contribution in [2.75, 3.05) is 13.2 Å². The van der Waals surface area contributed by atoms with Crippen LogP contribution in [-0.2, 0) is 0 Å². The zero-order valence-electron chi connectivity index (χ0n) is 17.3. The molecule has 1 aliphatic heterocycles. The first kappa shape index (κ1) is 21.0. The van der Waals surface area contributed by atoms with Crippen LogP contribution in [0.15, 0.2) is 54.7 Å². The Hall–Kier alpha value is -3.23. The van der Waals surface area contributed by atoms with Crippen LogP contribution in [0.25, 0.3) is 5.69 Å². The number of aromatic carboxylic acids is 1. The number of pyridine rings is 1. The monoisotopic (exact) mass is 436 g/mol. The van der Waals surface area contributed by atoms with Gasteiger partial charge in [-0.3, -0.25) is 4.98 Å². The molecule has 3 heterocycles. The number of carboxylic acid groups (broad SMARTS) is 1. The zero-order valence-corrected chi connectivity index (χ0v) is 18.1. The summed E-state index contributed by atoms with van der Waals surface area (Å²) >= 11 is 5.59. The van der Waals surface area contributed by atoms with Crippen molar-refractivity contribution in [3.63, 3.8) is 0 Å². The Balaban J connectivity index is 1.80. The van der Waals surface area contributed by atoms with Gasteiger partial charge in [-0.05, 0) is 74.1 Å². The average Bonchev–Trinajstić information content (AvgIpc) is 3.24. The Labute approximate surface area is 186 Å². The molecule has 0 aliphatic carbocycles. The molecule has 3 N–H and O–H groups in total. The number of carboxylic acids is 1. The van der Waals surface area contributed by atoms with Crippen LogP contribution in [0.2, 0.25) is 0 Å². The molecule has 1 aliphatic rings. The number of thiocarbonyl (C=S) groups is 1. The summed E-state index contributed by atoms with van der Waals surface area (Å²) < 4.78 is 2.11. The van der Waals surface area contributed by atoms with Crippen molar-refractivity contribution in [3.8, 4) is 5.69 Å². The van der Waals surface area contributed by atoms with Crippen LogP contribution in [0.4, 0.5) is 0 Å². The van der Waals surface area contributed by atoms with Crippen LogP contribution < -0.4 is 5.32 Å². The highest BCUT2D eigenvalue weighted by Gasteiger charge is 2.41. The third-order valence-corrected chi connectivity index (χ3v) is 6.05. The SMILES string of the molecule is Cc1cc([C@H]2[C@@H](c3ccccn3)NC(=S)N2CCO)c(C)n1-c1ccc(C(=O)O)cc1. The number of carbonyl (C=O) groups is 1. The molecule has 3 aromatic rings. The second-order valence-corrected chi connectivity index (χ2v) is 7.94. The third kappa shape index (κ3) is 3.80. The molecule has 1 saturated heterocycles. The second kappa shape index (κ2) is 8.49. The standard InChI is InChI=1S/C23H24N4O3S/c1-14-13-18(15(2)27(14)17-8-6-16(7-9-17)22(29)30)21-20(19-5-3-4-10-24-19)25-23(31)26(21)11-12-28/h3-10,13,20-21,28H,11-12H2,1-2H3,(H,25,31)(H,29,30)/t20-,21+/m1/s1. The number of benzene rings is 1. The van der Waals surface area contributed by atoms with Gasteiger partial charge in [0.15, 0.2) is 5.11 Å². The molecular formula is C23H24N4O3S. The predicted octanol–water partition coefficient (Wildman–Crippen LogP) is 3.15. The average molecular weight is 437 g/mol. The minimum Gasteiger partial charge on any atom is -0.478 e. The lowest BCUT2D eigenvalue weighted by Crippen LogP contribution is -2.32. The topological polar surface area (TPSA) is 90.6 Å². The van der Waals surface area contributed by atoms with Crippen LogP contribution in [0.1, 0.15) is 45.1 Å². The molecule has 1 fully saturated rings. The maximum absolute atomic E-state index is 11.2. The quantitative estimate of drug-likeness (QED) is 0.512. The minimum absolute atomic E-state index is 0.0113. The van der Waals surface area contributed by atoms with Crippen molar-refractivity contribution >= 4 is 23.3 Å². The summed E-state index contributed by atoms with van der Waals surface area (Å²) in [6.07, 6.45) is 1.76. The molecule has 0 saturated carbocycles. The van der Waals surface area contributed by atoms with E-state index in [9.17, 15) is 15.0 Å². The van der Waals surface area contributed by atoms with E-state index < -0.39 is 5.97 Å². The largest absolute Gasteiger partial charge is 0.478 e. The van der Waals surface area contributed by atoms with Gasteiger partial charge in [0, 0.05) is 29.8 Å². The van der Waals surface area contributed by atoms with Gasteiger partial charge in [-0.25, -0.2) is 4.79 Å². The molecule has 0 radical (unpaired) electrons. The summed E-state index contributed by atoms with van der Waals surface area (Å²) in [5.74, 6) is -0.948. The Morgan fingerprint density at radius 2 is 1.94 bits per heavy atom. The molecule has 7 nitrogen and oxygen atoms in total. The van der Waals surface area contributed by atoms with Gasteiger partial charge in [0.1, 0.15) is 0 Å². The minimum atomic E-state index is -0.948. The second-order valence-electron chi connectivity index (χ2n) is 7.56. The molecule has 0 unspecified atom stereocenters. The number of aromatic nitrogens is 2. The summed E-state index contributed by atoms with van der Waals surface area (Å²) in [7, 11) is 0. The van der Waals surface area contributed by atoms with Crippen molar-refractivity contribution < 1.29 is 15.0 Å². The molecule has 160 valence electrons. The van der Waals surface area contributed by atoms with E-state index >= 15 is 0 Å². The van der Waals surface area contributed by atoms with Gasteiger partial charge in [0.2, 0.25) is 0 Å². The van der Waals surface area contributed by atoms with E-state index in [1.54, 1.807) is 18.3 Å². The zero-order chi connectivity index (χ0) is 22.1. The molecule has 0 spiro atoms. The lowest BCUT2D eigenvalue weighted by molar-refractivity contribution is 0.0697. The Kier molecular flexibility index (Phi) is 5.75. The fourth-order valence-corrected chi connectivity index (χ4v) is 4.66. The number of hydrogen-bond donors (Lipinski definition) is 3. The fraction of sp³-hybridized carbons (Fsp3) is 0.261. The highest BCUT2D eigenvalue weighted by molar-refractivity contribution is 7.80. The number of nitrogens with zero attached hydrogens (tertiary/aromatic N) is 3. The van der Waals surface area contributed by atoms with E-state index in [0.717, 1.165) is 28.3 Å². The van der Waals surface area contributed by atoms with Crippen LogP contribution >= 0.6 is 12.2 Å². The van der Waals surface area contributed by atoms with Crippen molar-refractivity contribution in [1.29, 1.82) is 0 Å². The fourth-order valence-electron chi connectivity index (χ4n) is 4.33. The van der Waals surface area contributed by atoms with Gasteiger partial charge in [-0.2, -0.15) is 0 Å². The third-order valence-electron chi connectivity index (χ3n) is 5.70.